The predicted octanol–water partition coefficient (Wildman–Crippen LogP) is 2.60. The van der Waals surface area contributed by atoms with Crippen molar-refractivity contribution >= 4 is 28.2 Å². The molecule has 1 aliphatic rings. The first-order valence-electron chi connectivity index (χ1n) is 7.61. The van der Waals surface area contributed by atoms with E-state index in [-0.39, 0.29) is 5.91 Å². The molecule has 0 aromatic carbocycles. The van der Waals surface area contributed by atoms with Crippen LogP contribution in [0.3, 0.4) is 0 Å². The summed E-state index contributed by atoms with van der Waals surface area (Å²) in [6, 6.07) is 0.458. The number of amides is 2. The van der Waals surface area contributed by atoms with Gasteiger partial charge in [-0.2, -0.15) is 0 Å². The SMILES string of the molecule is CC(C)N1CCc2c(sc(NC(=O)C(C)(C)C)c2C(N)=O)C1. The van der Waals surface area contributed by atoms with Crippen molar-refractivity contribution in [1.82, 2.24) is 4.90 Å². The van der Waals surface area contributed by atoms with Gasteiger partial charge in [0.15, 0.2) is 0 Å². The summed E-state index contributed by atoms with van der Waals surface area (Å²) in [6.07, 6.45) is 0.799. The van der Waals surface area contributed by atoms with Crippen molar-refractivity contribution in [3.8, 4) is 0 Å². The Morgan fingerprint density at radius 2 is 1.95 bits per heavy atom. The van der Waals surface area contributed by atoms with Gasteiger partial charge in [0.25, 0.3) is 5.91 Å². The number of thiophene rings is 1. The van der Waals surface area contributed by atoms with Crippen LogP contribution in [0.1, 0.15) is 55.4 Å². The lowest BCUT2D eigenvalue weighted by Crippen LogP contribution is -2.35. The lowest BCUT2D eigenvalue weighted by atomic mass is 9.95. The average Bonchev–Trinajstić information content (AvgIpc) is 2.74. The van der Waals surface area contributed by atoms with Gasteiger partial charge in [-0.25, -0.2) is 0 Å². The highest BCUT2D eigenvalue weighted by molar-refractivity contribution is 7.17. The molecule has 1 aromatic rings. The van der Waals surface area contributed by atoms with Crippen LogP contribution in [-0.4, -0.2) is 29.3 Å². The van der Waals surface area contributed by atoms with Crippen LogP contribution in [0.5, 0.6) is 0 Å². The Bertz CT molecular complexity index is 599. The topological polar surface area (TPSA) is 75.4 Å². The number of rotatable bonds is 3. The van der Waals surface area contributed by atoms with E-state index in [1.54, 1.807) is 0 Å². The van der Waals surface area contributed by atoms with Crippen LogP contribution in [0, 0.1) is 5.41 Å². The van der Waals surface area contributed by atoms with Crippen LogP contribution in [0.4, 0.5) is 5.00 Å². The summed E-state index contributed by atoms with van der Waals surface area (Å²) in [5.74, 6) is -0.561. The number of nitrogens with one attached hydrogen (secondary N) is 1. The van der Waals surface area contributed by atoms with Crippen molar-refractivity contribution in [1.29, 1.82) is 0 Å². The molecule has 0 unspecified atom stereocenters. The van der Waals surface area contributed by atoms with Gasteiger partial charge in [0, 0.05) is 29.4 Å². The molecule has 2 amide bonds. The third-order valence-corrected chi connectivity index (χ3v) is 5.10. The number of anilines is 1. The van der Waals surface area contributed by atoms with Gasteiger partial charge in [-0.1, -0.05) is 20.8 Å². The minimum absolute atomic E-state index is 0.102. The van der Waals surface area contributed by atoms with Crippen LogP contribution in [0.2, 0.25) is 0 Å². The second-order valence-corrected chi connectivity index (χ2v) is 8.20. The molecule has 122 valence electrons. The van der Waals surface area contributed by atoms with Crippen molar-refractivity contribution < 1.29 is 9.59 Å². The third-order valence-electron chi connectivity index (χ3n) is 3.97. The fraction of sp³-hybridized carbons (Fsp3) is 0.625. The van der Waals surface area contributed by atoms with E-state index in [1.165, 1.54) is 11.3 Å². The molecule has 0 bridgehead atoms. The zero-order valence-electron chi connectivity index (χ0n) is 13.9. The van der Waals surface area contributed by atoms with Gasteiger partial charge in [0.05, 0.1) is 5.56 Å². The highest BCUT2D eigenvalue weighted by Gasteiger charge is 2.30. The summed E-state index contributed by atoms with van der Waals surface area (Å²) in [5, 5.41) is 3.49. The summed E-state index contributed by atoms with van der Waals surface area (Å²) >= 11 is 1.48. The van der Waals surface area contributed by atoms with Crippen LogP contribution in [-0.2, 0) is 17.8 Å². The van der Waals surface area contributed by atoms with E-state index in [2.05, 4.69) is 24.1 Å². The lowest BCUT2D eigenvalue weighted by Gasteiger charge is -2.30. The number of nitrogens with two attached hydrogens (primary N) is 1. The van der Waals surface area contributed by atoms with Crippen molar-refractivity contribution in [2.24, 2.45) is 11.1 Å². The summed E-state index contributed by atoms with van der Waals surface area (Å²) in [6.45, 7) is 11.6. The minimum Gasteiger partial charge on any atom is -0.365 e. The highest BCUT2D eigenvalue weighted by Crippen LogP contribution is 2.38. The van der Waals surface area contributed by atoms with Crippen LogP contribution in [0.15, 0.2) is 0 Å². The smallest absolute Gasteiger partial charge is 0.251 e. The van der Waals surface area contributed by atoms with Crippen molar-refractivity contribution in [2.45, 2.75) is 53.6 Å². The number of hydrogen-bond acceptors (Lipinski definition) is 4. The molecule has 0 saturated heterocycles. The molecule has 22 heavy (non-hydrogen) atoms. The minimum atomic E-state index is -0.511. The number of nitrogens with zero attached hydrogens (tertiary/aromatic N) is 1. The molecule has 0 atom stereocenters. The summed E-state index contributed by atoms with van der Waals surface area (Å²) in [4.78, 5) is 27.6. The maximum atomic E-state index is 12.2. The summed E-state index contributed by atoms with van der Waals surface area (Å²) in [7, 11) is 0. The Morgan fingerprint density at radius 1 is 1.32 bits per heavy atom. The number of carbonyl (C=O) groups is 2. The molecule has 0 spiro atoms. The molecule has 6 heteroatoms. The molecular weight excluding hydrogens is 298 g/mol. The highest BCUT2D eigenvalue weighted by atomic mass is 32.1. The van der Waals surface area contributed by atoms with Gasteiger partial charge in [-0.15, -0.1) is 11.3 Å². The van der Waals surface area contributed by atoms with E-state index >= 15 is 0 Å². The van der Waals surface area contributed by atoms with Gasteiger partial charge < -0.3 is 11.1 Å². The third kappa shape index (κ3) is 3.33. The Labute approximate surface area is 135 Å². The fourth-order valence-corrected chi connectivity index (χ4v) is 3.78. The number of carbonyl (C=O) groups excluding carboxylic acids is 2. The largest absolute Gasteiger partial charge is 0.365 e. The number of fused-ring (bicyclic) bond motifs is 1. The second-order valence-electron chi connectivity index (χ2n) is 7.09. The molecule has 5 nitrogen and oxygen atoms in total. The Balaban J connectivity index is 2.36. The Hall–Kier alpha value is -1.40. The summed E-state index contributed by atoms with van der Waals surface area (Å²) in [5.41, 5.74) is 6.57. The van der Waals surface area contributed by atoms with E-state index < -0.39 is 11.3 Å². The second kappa shape index (κ2) is 6.01. The molecule has 0 radical (unpaired) electrons. The van der Waals surface area contributed by atoms with Gasteiger partial charge >= 0.3 is 0 Å². The van der Waals surface area contributed by atoms with E-state index in [4.69, 9.17) is 5.73 Å². The standard InChI is InChI=1S/C16H25N3O2S/c1-9(2)19-7-6-10-11(8-19)22-14(12(10)13(17)20)18-15(21)16(3,4)5/h9H,6-8H2,1-5H3,(H2,17,20)(H,18,21). The Morgan fingerprint density at radius 3 is 2.45 bits per heavy atom. The normalized spacial score (nSPS) is 15.7. The van der Waals surface area contributed by atoms with E-state index in [9.17, 15) is 9.59 Å². The monoisotopic (exact) mass is 323 g/mol. The van der Waals surface area contributed by atoms with Gasteiger partial charge in [-0.05, 0) is 25.8 Å². The van der Waals surface area contributed by atoms with Crippen molar-refractivity contribution in [2.75, 3.05) is 11.9 Å². The molecule has 0 saturated carbocycles. The molecule has 2 rings (SSSR count). The summed E-state index contributed by atoms with van der Waals surface area (Å²) < 4.78 is 0. The van der Waals surface area contributed by atoms with Gasteiger partial charge in [0.1, 0.15) is 5.00 Å². The predicted molar refractivity (Wildman–Crippen MR) is 90.2 cm³/mol. The van der Waals surface area contributed by atoms with E-state index in [0.29, 0.717) is 16.6 Å². The number of primary amides is 1. The van der Waals surface area contributed by atoms with E-state index in [0.717, 1.165) is 30.0 Å². The van der Waals surface area contributed by atoms with Gasteiger partial charge in [-0.3, -0.25) is 14.5 Å². The van der Waals surface area contributed by atoms with Crippen LogP contribution < -0.4 is 11.1 Å². The van der Waals surface area contributed by atoms with E-state index in [1.807, 2.05) is 20.8 Å². The lowest BCUT2D eigenvalue weighted by molar-refractivity contribution is -0.123. The maximum absolute atomic E-state index is 12.2. The first kappa shape index (κ1) is 17.0. The number of hydrogen-bond donors (Lipinski definition) is 2. The quantitative estimate of drug-likeness (QED) is 0.898. The first-order valence-corrected chi connectivity index (χ1v) is 8.42. The van der Waals surface area contributed by atoms with Crippen molar-refractivity contribution in [3.63, 3.8) is 0 Å². The molecule has 0 fully saturated rings. The van der Waals surface area contributed by atoms with Crippen molar-refractivity contribution in [3.05, 3.63) is 16.0 Å². The fourth-order valence-electron chi connectivity index (χ4n) is 2.50. The van der Waals surface area contributed by atoms with Gasteiger partial charge in [0.2, 0.25) is 5.91 Å². The van der Waals surface area contributed by atoms with Crippen LogP contribution in [0.25, 0.3) is 0 Å². The maximum Gasteiger partial charge on any atom is 0.251 e. The zero-order valence-corrected chi connectivity index (χ0v) is 14.8. The average molecular weight is 323 g/mol. The molecule has 0 aliphatic carbocycles. The molecule has 3 N–H and O–H groups in total. The Kier molecular flexibility index (Phi) is 4.63. The van der Waals surface area contributed by atoms with Crippen LogP contribution >= 0.6 is 11.3 Å². The molecule has 2 heterocycles. The zero-order chi connectivity index (χ0) is 16.7. The molecule has 1 aliphatic heterocycles. The first-order chi connectivity index (χ1) is 10.1. The molecule has 1 aromatic heterocycles. The molecular formula is C16H25N3O2S.